The molecule has 0 N–H and O–H groups in total. The standard InChI is InChI=1S/C6H4Br3N/c7-2-4-1-5(8)6(9)3-10-4/h1,3H,2H2. The van der Waals surface area contributed by atoms with Gasteiger partial charge in [-0.1, -0.05) is 15.9 Å². The molecular formula is C6H4Br3N. The van der Waals surface area contributed by atoms with Crippen molar-refractivity contribution in [3.63, 3.8) is 0 Å². The molecule has 0 aliphatic heterocycles. The first-order chi connectivity index (χ1) is 4.74. The van der Waals surface area contributed by atoms with Gasteiger partial charge in [-0.3, -0.25) is 4.98 Å². The van der Waals surface area contributed by atoms with E-state index in [9.17, 15) is 0 Å². The van der Waals surface area contributed by atoms with E-state index < -0.39 is 0 Å². The fourth-order valence-electron chi connectivity index (χ4n) is 0.527. The van der Waals surface area contributed by atoms with Crippen molar-refractivity contribution in [3.8, 4) is 0 Å². The molecule has 0 unspecified atom stereocenters. The van der Waals surface area contributed by atoms with Gasteiger partial charge in [0.2, 0.25) is 0 Å². The molecule has 1 heterocycles. The number of alkyl halides is 1. The third-order valence-corrected chi connectivity index (χ3v) is 3.40. The number of rotatable bonds is 1. The van der Waals surface area contributed by atoms with Gasteiger partial charge in [0.1, 0.15) is 0 Å². The molecule has 54 valence electrons. The van der Waals surface area contributed by atoms with Gasteiger partial charge in [-0.2, -0.15) is 0 Å². The monoisotopic (exact) mass is 327 g/mol. The maximum Gasteiger partial charge on any atom is 0.0521 e. The van der Waals surface area contributed by atoms with Crippen molar-refractivity contribution in [2.24, 2.45) is 0 Å². The quantitative estimate of drug-likeness (QED) is 0.719. The SMILES string of the molecule is BrCc1cc(Br)c(Br)cn1. The third kappa shape index (κ3) is 2.04. The fourth-order valence-corrected chi connectivity index (χ4v) is 1.42. The van der Waals surface area contributed by atoms with Crippen molar-refractivity contribution in [1.82, 2.24) is 4.98 Å². The van der Waals surface area contributed by atoms with Crippen LogP contribution in [0.2, 0.25) is 0 Å². The minimum absolute atomic E-state index is 0.791. The summed E-state index contributed by atoms with van der Waals surface area (Å²) in [6.07, 6.45) is 1.78. The molecule has 1 aromatic rings. The molecule has 0 radical (unpaired) electrons. The summed E-state index contributed by atoms with van der Waals surface area (Å²) in [5.41, 5.74) is 1.02. The fraction of sp³-hybridized carbons (Fsp3) is 0.167. The van der Waals surface area contributed by atoms with Crippen LogP contribution in [0.1, 0.15) is 5.69 Å². The number of nitrogens with zero attached hydrogens (tertiary/aromatic N) is 1. The molecule has 1 nitrogen and oxygen atoms in total. The van der Waals surface area contributed by atoms with Crippen molar-refractivity contribution in [2.45, 2.75) is 5.33 Å². The first kappa shape index (κ1) is 8.68. The van der Waals surface area contributed by atoms with Crippen molar-refractivity contribution in [2.75, 3.05) is 0 Å². The molecule has 0 aliphatic carbocycles. The van der Waals surface area contributed by atoms with E-state index >= 15 is 0 Å². The topological polar surface area (TPSA) is 12.9 Å². The lowest BCUT2D eigenvalue weighted by Crippen LogP contribution is -1.83. The van der Waals surface area contributed by atoms with Crippen molar-refractivity contribution in [1.29, 1.82) is 0 Å². The number of aromatic nitrogens is 1. The van der Waals surface area contributed by atoms with Crippen LogP contribution in [0.4, 0.5) is 0 Å². The van der Waals surface area contributed by atoms with Gasteiger partial charge in [-0.05, 0) is 37.9 Å². The predicted molar refractivity (Wildman–Crippen MR) is 52.3 cm³/mol. The lowest BCUT2D eigenvalue weighted by atomic mass is 10.4. The van der Waals surface area contributed by atoms with Crippen molar-refractivity contribution in [3.05, 3.63) is 26.9 Å². The van der Waals surface area contributed by atoms with Gasteiger partial charge in [0, 0.05) is 16.0 Å². The van der Waals surface area contributed by atoms with E-state index in [0.717, 1.165) is 20.0 Å². The third-order valence-electron chi connectivity index (χ3n) is 1.00. The normalized spacial score (nSPS) is 9.90. The van der Waals surface area contributed by atoms with Crippen LogP contribution >= 0.6 is 47.8 Å². The Morgan fingerprint density at radius 1 is 1.30 bits per heavy atom. The van der Waals surface area contributed by atoms with Gasteiger partial charge in [0.15, 0.2) is 0 Å². The van der Waals surface area contributed by atoms with E-state index in [0.29, 0.717) is 0 Å². The average molecular weight is 330 g/mol. The van der Waals surface area contributed by atoms with Gasteiger partial charge < -0.3 is 0 Å². The number of hydrogen-bond acceptors (Lipinski definition) is 1. The summed E-state index contributed by atoms with van der Waals surface area (Å²) < 4.78 is 2.02. The van der Waals surface area contributed by atoms with Crippen molar-refractivity contribution < 1.29 is 0 Å². The lowest BCUT2D eigenvalue weighted by Gasteiger charge is -1.96. The molecule has 0 aliphatic rings. The Balaban J connectivity index is 3.04. The molecule has 4 heteroatoms. The Kier molecular flexibility index (Phi) is 3.33. The molecule has 0 aromatic carbocycles. The molecule has 0 fully saturated rings. The van der Waals surface area contributed by atoms with Gasteiger partial charge >= 0.3 is 0 Å². The summed E-state index contributed by atoms with van der Waals surface area (Å²) in [5, 5.41) is 0.791. The first-order valence-corrected chi connectivity index (χ1v) is 5.30. The first-order valence-electron chi connectivity index (χ1n) is 2.60. The predicted octanol–water partition coefficient (Wildman–Crippen LogP) is 3.50. The van der Waals surface area contributed by atoms with Gasteiger partial charge in [0.05, 0.1) is 10.2 Å². The number of halogens is 3. The zero-order valence-corrected chi connectivity index (χ0v) is 9.70. The molecule has 0 saturated heterocycles. The van der Waals surface area contributed by atoms with Crippen LogP contribution in [0.25, 0.3) is 0 Å². The molecule has 0 bridgehead atoms. The highest BCUT2D eigenvalue weighted by Gasteiger charge is 1.97. The van der Waals surface area contributed by atoms with E-state index in [1.54, 1.807) is 6.20 Å². The van der Waals surface area contributed by atoms with Crippen LogP contribution in [0, 0.1) is 0 Å². The molecule has 1 rings (SSSR count). The van der Waals surface area contributed by atoms with Crippen LogP contribution < -0.4 is 0 Å². The van der Waals surface area contributed by atoms with E-state index in [4.69, 9.17) is 0 Å². The summed E-state index contributed by atoms with van der Waals surface area (Å²) >= 11 is 10.0. The Labute approximate surface area is 84.6 Å². The second-order valence-corrected chi connectivity index (χ2v) is 3.99. The number of hydrogen-bond donors (Lipinski definition) is 0. The number of pyridine rings is 1. The van der Waals surface area contributed by atoms with Crippen LogP contribution in [0.3, 0.4) is 0 Å². The average Bonchev–Trinajstić information content (AvgIpc) is 1.95. The highest BCUT2D eigenvalue weighted by molar-refractivity contribution is 9.13. The highest BCUT2D eigenvalue weighted by atomic mass is 79.9. The Morgan fingerprint density at radius 2 is 2.00 bits per heavy atom. The lowest BCUT2D eigenvalue weighted by molar-refractivity contribution is 1.16. The zero-order chi connectivity index (χ0) is 7.56. The van der Waals surface area contributed by atoms with Crippen molar-refractivity contribution >= 4 is 47.8 Å². The molecule has 10 heavy (non-hydrogen) atoms. The molecule has 0 atom stereocenters. The molecule has 1 aromatic heterocycles. The summed E-state index contributed by atoms with van der Waals surface area (Å²) in [4.78, 5) is 4.13. The molecule has 0 spiro atoms. The van der Waals surface area contributed by atoms with E-state index in [1.165, 1.54) is 0 Å². The Bertz CT molecular complexity index is 236. The van der Waals surface area contributed by atoms with Crippen LogP contribution in [-0.2, 0) is 5.33 Å². The summed E-state index contributed by atoms with van der Waals surface area (Å²) in [6.45, 7) is 0. The van der Waals surface area contributed by atoms with Crippen LogP contribution in [0.5, 0.6) is 0 Å². The second-order valence-electron chi connectivity index (χ2n) is 1.72. The van der Waals surface area contributed by atoms with Gasteiger partial charge in [0.25, 0.3) is 0 Å². The van der Waals surface area contributed by atoms with Crippen LogP contribution in [0.15, 0.2) is 21.2 Å². The summed E-state index contributed by atoms with van der Waals surface area (Å²) in [6, 6.07) is 1.97. The molecular weight excluding hydrogens is 326 g/mol. The molecule has 0 saturated carbocycles. The van der Waals surface area contributed by atoms with Crippen LogP contribution in [-0.4, -0.2) is 4.98 Å². The minimum atomic E-state index is 0.791. The van der Waals surface area contributed by atoms with Gasteiger partial charge in [-0.25, -0.2) is 0 Å². The second kappa shape index (κ2) is 3.83. The van der Waals surface area contributed by atoms with E-state index in [2.05, 4.69) is 52.8 Å². The Morgan fingerprint density at radius 3 is 2.50 bits per heavy atom. The van der Waals surface area contributed by atoms with Gasteiger partial charge in [-0.15, -0.1) is 0 Å². The summed E-state index contributed by atoms with van der Waals surface area (Å²) in [5.74, 6) is 0. The zero-order valence-electron chi connectivity index (χ0n) is 4.94. The molecule has 0 amide bonds. The Hall–Kier alpha value is 0.590. The highest BCUT2D eigenvalue weighted by Crippen LogP contribution is 2.22. The van der Waals surface area contributed by atoms with E-state index in [1.807, 2.05) is 6.07 Å². The summed E-state index contributed by atoms with van der Waals surface area (Å²) in [7, 11) is 0. The maximum atomic E-state index is 4.13. The minimum Gasteiger partial charge on any atom is -0.259 e. The maximum absolute atomic E-state index is 4.13. The largest absolute Gasteiger partial charge is 0.259 e. The van der Waals surface area contributed by atoms with E-state index in [-0.39, 0.29) is 0 Å². The smallest absolute Gasteiger partial charge is 0.0521 e.